The van der Waals surface area contributed by atoms with Gasteiger partial charge in [0.25, 0.3) is 0 Å². The molecule has 3 rings (SSSR count). The van der Waals surface area contributed by atoms with Gasteiger partial charge in [0.15, 0.2) is 5.82 Å². The van der Waals surface area contributed by atoms with Crippen LogP contribution in [0.1, 0.15) is 15.9 Å². The Hall–Kier alpha value is -2.44. The lowest BCUT2D eigenvalue weighted by atomic mass is 10.0. The molecule has 0 aliphatic rings. The van der Waals surface area contributed by atoms with Crippen molar-refractivity contribution >= 4 is 51.4 Å². The molecular weight excluding hydrogens is 356 g/mol. The largest absolute Gasteiger partial charge is 0.478 e. The number of nitrogens with one attached hydrogen (secondary N) is 1. The summed E-state index contributed by atoms with van der Waals surface area (Å²) in [6.45, 7) is 1.70. The molecule has 0 saturated carbocycles. The van der Waals surface area contributed by atoms with Crippen LogP contribution in [0.25, 0.3) is 10.9 Å². The smallest absolute Gasteiger partial charge is 0.337 e. The molecule has 0 radical (unpaired) electrons. The number of carbonyl (C=O) groups is 1. The number of anilines is 2. The van der Waals surface area contributed by atoms with Gasteiger partial charge in [0.05, 0.1) is 28.2 Å². The number of fused-ring (bicyclic) bond motifs is 1. The molecular formula is C16H10Cl2FN3O2. The van der Waals surface area contributed by atoms with E-state index in [1.54, 1.807) is 13.0 Å². The van der Waals surface area contributed by atoms with Crippen LogP contribution in [0.5, 0.6) is 0 Å². The van der Waals surface area contributed by atoms with Crippen molar-refractivity contribution in [2.45, 2.75) is 6.92 Å². The van der Waals surface area contributed by atoms with E-state index in [0.717, 1.165) is 0 Å². The number of aromatic nitrogens is 2. The summed E-state index contributed by atoms with van der Waals surface area (Å²) in [7, 11) is 0. The maximum absolute atomic E-state index is 14.9. The molecule has 0 aliphatic heterocycles. The van der Waals surface area contributed by atoms with Gasteiger partial charge in [0.2, 0.25) is 0 Å². The highest BCUT2D eigenvalue weighted by Crippen LogP contribution is 2.34. The fraction of sp³-hybridized carbons (Fsp3) is 0.0625. The number of rotatable bonds is 3. The predicted octanol–water partition coefficient (Wildman–Crippen LogP) is 4.83. The van der Waals surface area contributed by atoms with E-state index in [9.17, 15) is 14.3 Å². The Morgan fingerprint density at radius 3 is 2.71 bits per heavy atom. The number of aromatic carboxylic acids is 1. The maximum atomic E-state index is 14.9. The molecule has 1 aromatic heterocycles. The number of hydrogen-bond donors (Lipinski definition) is 2. The Morgan fingerprint density at radius 1 is 1.29 bits per heavy atom. The van der Waals surface area contributed by atoms with Crippen molar-refractivity contribution < 1.29 is 14.3 Å². The minimum Gasteiger partial charge on any atom is -0.478 e. The van der Waals surface area contributed by atoms with Crippen molar-refractivity contribution in [2.24, 2.45) is 0 Å². The average molecular weight is 366 g/mol. The van der Waals surface area contributed by atoms with Crippen LogP contribution >= 0.6 is 23.2 Å². The first-order valence-corrected chi connectivity index (χ1v) is 7.54. The minimum atomic E-state index is -1.28. The SMILES string of the molecule is Cc1cnnc2c(F)c(Nc3ccc(Cl)cc3Cl)c(C(=O)O)cc12. The normalized spacial score (nSPS) is 10.8. The van der Waals surface area contributed by atoms with Gasteiger partial charge in [-0.25, -0.2) is 9.18 Å². The van der Waals surface area contributed by atoms with Crippen molar-refractivity contribution in [1.82, 2.24) is 10.2 Å². The first kappa shape index (κ1) is 16.4. The van der Waals surface area contributed by atoms with E-state index in [0.29, 0.717) is 21.7 Å². The van der Waals surface area contributed by atoms with Gasteiger partial charge in [-0.2, -0.15) is 5.10 Å². The lowest BCUT2D eigenvalue weighted by Crippen LogP contribution is -2.07. The molecule has 0 atom stereocenters. The Kier molecular flexibility index (Phi) is 4.26. The molecule has 1 heterocycles. The summed E-state index contributed by atoms with van der Waals surface area (Å²) in [6.07, 6.45) is 1.44. The third kappa shape index (κ3) is 2.86. The molecule has 5 nitrogen and oxygen atoms in total. The Labute approximate surface area is 146 Å². The average Bonchev–Trinajstić information content (AvgIpc) is 2.52. The third-order valence-electron chi connectivity index (χ3n) is 3.50. The fourth-order valence-corrected chi connectivity index (χ4v) is 2.75. The van der Waals surface area contributed by atoms with E-state index in [4.69, 9.17) is 23.2 Å². The van der Waals surface area contributed by atoms with Crippen molar-refractivity contribution in [1.29, 1.82) is 0 Å². The van der Waals surface area contributed by atoms with Gasteiger partial charge in [-0.05, 0) is 36.8 Å². The monoisotopic (exact) mass is 365 g/mol. The van der Waals surface area contributed by atoms with E-state index < -0.39 is 11.8 Å². The van der Waals surface area contributed by atoms with Gasteiger partial charge in [0.1, 0.15) is 5.52 Å². The van der Waals surface area contributed by atoms with Crippen LogP contribution in [0, 0.1) is 12.7 Å². The summed E-state index contributed by atoms with van der Waals surface area (Å²) in [5, 5.41) is 20.7. The van der Waals surface area contributed by atoms with Crippen LogP contribution < -0.4 is 5.32 Å². The standard InChI is InChI=1S/C16H10Cl2FN3O2/c1-7-6-20-22-15-9(7)5-10(16(23)24)14(13(15)19)21-12-3-2-8(17)4-11(12)18/h2-6,21H,1H3,(H,23,24). The van der Waals surface area contributed by atoms with Crippen LogP contribution in [0.2, 0.25) is 10.0 Å². The highest BCUT2D eigenvalue weighted by atomic mass is 35.5. The first-order chi connectivity index (χ1) is 11.4. The van der Waals surface area contributed by atoms with Crippen LogP contribution in [0.15, 0.2) is 30.5 Å². The number of carboxylic acids is 1. The summed E-state index contributed by atoms with van der Waals surface area (Å²) >= 11 is 11.9. The molecule has 0 spiro atoms. The first-order valence-electron chi connectivity index (χ1n) is 6.78. The fourth-order valence-electron chi connectivity index (χ4n) is 2.30. The van der Waals surface area contributed by atoms with E-state index in [1.165, 1.54) is 24.4 Å². The highest BCUT2D eigenvalue weighted by molar-refractivity contribution is 6.36. The summed E-state index contributed by atoms with van der Waals surface area (Å²) in [6, 6.07) is 5.91. The molecule has 24 heavy (non-hydrogen) atoms. The van der Waals surface area contributed by atoms with Crippen molar-refractivity contribution in [3.8, 4) is 0 Å². The lowest BCUT2D eigenvalue weighted by Gasteiger charge is -2.14. The highest BCUT2D eigenvalue weighted by Gasteiger charge is 2.21. The van der Waals surface area contributed by atoms with Gasteiger partial charge in [-0.1, -0.05) is 23.2 Å². The van der Waals surface area contributed by atoms with E-state index in [-0.39, 0.29) is 21.8 Å². The van der Waals surface area contributed by atoms with Crippen molar-refractivity contribution in [3.63, 3.8) is 0 Å². The molecule has 0 unspecified atom stereocenters. The number of aryl methyl sites for hydroxylation is 1. The molecule has 8 heteroatoms. The maximum Gasteiger partial charge on any atom is 0.337 e. The zero-order valence-corrected chi connectivity index (χ0v) is 13.8. The summed E-state index contributed by atoms with van der Waals surface area (Å²) in [4.78, 5) is 11.6. The summed E-state index contributed by atoms with van der Waals surface area (Å²) in [5.41, 5.74) is 0.453. The Balaban J connectivity index is 2.24. The molecule has 0 bridgehead atoms. The van der Waals surface area contributed by atoms with Gasteiger partial charge < -0.3 is 10.4 Å². The van der Waals surface area contributed by atoms with Gasteiger partial charge in [-0.15, -0.1) is 5.10 Å². The second kappa shape index (κ2) is 6.22. The third-order valence-corrected chi connectivity index (χ3v) is 4.04. The number of halogens is 3. The number of hydrogen-bond acceptors (Lipinski definition) is 4. The lowest BCUT2D eigenvalue weighted by molar-refractivity contribution is 0.0697. The van der Waals surface area contributed by atoms with Gasteiger partial charge in [0, 0.05) is 10.4 Å². The molecule has 3 aromatic rings. The molecule has 0 saturated heterocycles. The predicted molar refractivity (Wildman–Crippen MR) is 90.9 cm³/mol. The van der Waals surface area contributed by atoms with Crippen LogP contribution in [-0.2, 0) is 0 Å². The van der Waals surface area contributed by atoms with Crippen molar-refractivity contribution in [2.75, 3.05) is 5.32 Å². The number of carboxylic acid groups (broad SMARTS) is 1. The molecule has 2 aromatic carbocycles. The molecule has 0 fully saturated rings. The number of nitrogens with zero attached hydrogens (tertiary/aromatic N) is 2. The molecule has 0 aliphatic carbocycles. The van der Waals surface area contributed by atoms with E-state index >= 15 is 0 Å². The Morgan fingerprint density at radius 2 is 2.04 bits per heavy atom. The van der Waals surface area contributed by atoms with Crippen LogP contribution in [0.4, 0.5) is 15.8 Å². The molecule has 2 N–H and O–H groups in total. The van der Waals surface area contributed by atoms with Crippen LogP contribution in [-0.4, -0.2) is 21.3 Å². The number of benzene rings is 2. The topological polar surface area (TPSA) is 75.1 Å². The molecule has 0 amide bonds. The minimum absolute atomic E-state index is 0.0208. The van der Waals surface area contributed by atoms with E-state index in [2.05, 4.69) is 15.5 Å². The zero-order chi connectivity index (χ0) is 17.4. The second-order valence-electron chi connectivity index (χ2n) is 5.09. The zero-order valence-electron chi connectivity index (χ0n) is 12.3. The second-order valence-corrected chi connectivity index (χ2v) is 5.93. The summed E-state index contributed by atoms with van der Waals surface area (Å²) < 4.78 is 14.9. The summed E-state index contributed by atoms with van der Waals surface area (Å²) in [5.74, 6) is -2.09. The molecule has 122 valence electrons. The van der Waals surface area contributed by atoms with Crippen LogP contribution in [0.3, 0.4) is 0 Å². The van der Waals surface area contributed by atoms with E-state index in [1.807, 2.05) is 0 Å². The van der Waals surface area contributed by atoms with Gasteiger partial charge in [-0.3, -0.25) is 0 Å². The van der Waals surface area contributed by atoms with Crippen molar-refractivity contribution in [3.05, 3.63) is 57.5 Å². The Bertz CT molecular complexity index is 979. The van der Waals surface area contributed by atoms with Gasteiger partial charge >= 0.3 is 5.97 Å². The quantitative estimate of drug-likeness (QED) is 0.695.